The summed E-state index contributed by atoms with van der Waals surface area (Å²) in [5, 5.41) is 1.18. The van der Waals surface area contributed by atoms with Gasteiger partial charge >= 0.3 is 0 Å². The third kappa shape index (κ3) is 2.76. The van der Waals surface area contributed by atoms with Gasteiger partial charge in [0.1, 0.15) is 11.5 Å². The average Bonchev–Trinajstić information content (AvgIpc) is 2.80. The molecule has 0 aliphatic heterocycles. The first kappa shape index (κ1) is 18.4. The molecule has 0 radical (unpaired) electrons. The van der Waals surface area contributed by atoms with Crippen molar-refractivity contribution in [3.63, 3.8) is 0 Å². The molecule has 2 aromatic heterocycles. The van der Waals surface area contributed by atoms with Gasteiger partial charge in [-0.15, -0.1) is 0 Å². The molecule has 3 rings (SSSR count). The van der Waals surface area contributed by atoms with E-state index in [0.29, 0.717) is 0 Å². The van der Waals surface area contributed by atoms with Crippen LogP contribution in [-0.2, 0) is 0 Å². The molecule has 0 N–H and O–H groups in total. The number of nitrogens with zero attached hydrogens (tertiary/aromatic N) is 3. The van der Waals surface area contributed by atoms with Crippen LogP contribution in [0.2, 0.25) is 0 Å². The highest BCUT2D eigenvalue weighted by molar-refractivity contribution is 5.93. The van der Waals surface area contributed by atoms with Crippen molar-refractivity contribution in [2.45, 2.75) is 61.8 Å². The highest BCUT2D eigenvalue weighted by atomic mass is 15.1. The Morgan fingerprint density at radius 3 is 2.15 bits per heavy atom. The van der Waals surface area contributed by atoms with Gasteiger partial charge in [-0.05, 0) is 77.2 Å². The van der Waals surface area contributed by atoms with Crippen LogP contribution in [0.15, 0.2) is 18.2 Å². The summed E-state index contributed by atoms with van der Waals surface area (Å²) in [6.45, 7) is 17.2. The normalized spacial score (nSPS) is 12.2. The molecule has 1 aromatic carbocycles. The number of aryl methyl sites for hydroxylation is 5. The maximum Gasteiger partial charge on any atom is 0.149 e. The molecule has 0 fully saturated rings. The smallest absolute Gasteiger partial charge is 0.149 e. The van der Waals surface area contributed by atoms with E-state index in [0.717, 1.165) is 23.6 Å². The number of hydrogen-bond acceptors (Lipinski definition) is 2. The Balaban J connectivity index is 2.49. The Labute approximate surface area is 156 Å². The summed E-state index contributed by atoms with van der Waals surface area (Å²) >= 11 is 0. The summed E-state index contributed by atoms with van der Waals surface area (Å²) in [6, 6.07) is 4.50. The second-order valence-corrected chi connectivity index (χ2v) is 7.28. The van der Waals surface area contributed by atoms with Gasteiger partial charge < -0.3 is 0 Å². The van der Waals surface area contributed by atoms with Crippen LogP contribution in [-0.4, -0.2) is 14.5 Å². The van der Waals surface area contributed by atoms with E-state index >= 15 is 0 Å². The fourth-order valence-corrected chi connectivity index (χ4v) is 4.11. The third-order valence-electron chi connectivity index (χ3n) is 5.36. The molecule has 2 heterocycles. The number of hydrogen-bond donors (Lipinski definition) is 0. The topological polar surface area (TPSA) is 30.7 Å². The maximum atomic E-state index is 4.87. The van der Waals surface area contributed by atoms with Crippen LogP contribution >= 0.6 is 0 Å². The molecule has 26 heavy (non-hydrogen) atoms. The second-order valence-electron chi connectivity index (χ2n) is 7.28. The predicted molar refractivity (Wildman–Crippen MR) is 111 cm³/mol. The summed E-state index contributed by atoms with van der Waals surface area (Å²) in [4.78, 5) is 9.69. The molecule has 0 amide bonds. The summed E-state index contributed by atoms with van der Waals surface area (Å²) in [5.74, 6) is 0.821. The number of allylic oxidation sites excluding steroid dienone is 2. The van der Waals surface area contributed by atoms with E-state index in [4.69, 9.17) is 9.97 Å². The van der Waals surface area contributed by atoms with Gasteiger partial charge in [0.15, 0.2) is 0 Å². The summed E-state index contributed by atoms with van der Waals surface area (Å²) in [7, 11) is 0. The van der Waals surface area contributed by atoms with Crippen LogP contribution in [0.1, 0.15) is 59.7 Å². The van der Waals surface area contributed by atoms with Crippen molar-refractivity contribution < 1.29 is 0 Å². The number of aromatic nitrogens is 3. The largest absolute Gasteiger partial charge is 0.298 e. The van der Waals surface area contributed by atoms with Crippen LogP contribution in [0.4, 0.5) is 0 Å². The van der Waals surface area contributed by atoms with E-state index in [9.17, 15) is 0 Å². The van der Waals surface area contributed by atoms with Gasteiger partial charge in [0.05, 0.1) is 11.4 Å². The van der Waals surface area contributed by atoms with Crippen LogP contribution < -0.4 is 0 Å². The molecule has 0 unspecified atom stereocenters. The van der Waals surface area contributed by atoms with Crippen LogP contribution in [0.5, 0.6) is 0 Å². The minimum Gasteiger partial charge on any atom is -0.298 e. The molecule has 3 heteroatoms. The van der Waals surface area contributed by atoms with Crippen molar-refractivity contribution in [3.05, 3.63) is 57.7 Å². The zero-order valence-electron chi connectivity index (χ0n) is 17.3. The van der Waals surface area contributed by atoms with E-state index in [1.165, 1.54) is 44.6 Å². The SMILES string of the molecule is CC=C(CC)c1nc(C)nc2c1c(C)c(C)n2-c1c(C)cc(C)cc1C. The quantitative estimate of drug-likeness (QED) is 0.574. The molecule has 0 aliphatic rings. The molecule has 136 valence electrons. The minimum absolute atomic E-state index is 0.821. The van der Waals surface area contributed by atoms with E-state index in [2.05, 4.69) is 71.2 Å². The standard InChI is InChI=1S/C23H29N3/c1-9-19(10-2)21-20-16(6)17(7)26(23(20)25-18(8)24-21)22-14(4)11-13(3)12-15(22)5/h9,11-12H,10H2,1-8H3. The van der Waals surface area contributed by atoms with E-state index in [-0.39, 0.29) is 0 Å². The van der Waals surface area contributed by atoms with Crippen molar-refractivity contribution in [1.29, 1.82) is 0 Å². The van der Waals surface area contributed by atoms with Gasteiger partial charge in [0, 0.05) is 11.1 Å². The molecular formula is C23H29N3. The lowest BCUT2D eigenvalue weighted by molar-refractivity contribution is 0.969. The summed E-state index contributed by atoms with van der Waals surface area (Å²) < 4.78 is 2.33. The fraction of sp³-hybridized carbons (Fsp3) is 0.391. The average molecular weight is 348 g/mol. The second kappa shape index (κ2) is 6.71. The Morgan fingerprint density at radius 2 is 1.62 bits per heavy atom. The Kier molecular flexibility index (Phi) is 4.74. The Hall–Kier alpha value is -2.42. The van der Waals surface area contributed by atoms with E-state index < -0.39 is 0 Å². The fourth-order valence-electron chi connectivity index (χ4n) is 4.11. The molecule has 0 saturated carbocycles. The first-order chi connectivity index (χ1) is 12.3. The van der Waals surface area contributed by atoms with Crippen LogP contribution in [0.3, 0.4) is 0 Å². The van der Waals surface area contributed by atoms with Gasteiger partial charge in [-0.2, -0.15) is 0 Å². The highest BCUT2D eigenvalue weighted by Gasteiger charge is 2.21. The molecule has 0 bridgehead atoms. The predicted octanol–water partition coefficient (Wildman–Crippen LogP) is 6.08. The lowest BCUT2D eigenvalue weighted by Gasteiger charge is -2.16. The Morgan fingerprint density at radius 1 is 1.00 bits per heavy atom. The summed E-state index contributed by atoms with van der Waals surface area (Å²) in [6.07, 6.45) is 3.14. The number of benzene rings is 1. The Bertz CT molecular complexity index is 1010. The molecular weight excluding hydrogens is 318 g/mol. The summed E-state index contributed by atoms with van der Waals surface area (Å²) in [5.41, 5.74) is 11.0. The zero-order chi connectivity index (χ0) is 19.2. The van der Waals surface area contributed by atoms with Crippen molar-refractivity contribution in [2.24, 2.45) is 0 Å². The van der Waals surface area contributed by atoms with Crippen molar-refractivity contribution >= 4 is 16.6 Å². The first-order valence-corrected chi connectivity index (χ1v) is 9.40. The van der Waals surface area contributed by atoms with E-state index in [1.54, 1.807) is 0 Å². The van der Waals surface area contributed by atoms with Gasteiger partial charge in [-0.25, -0.2) is 9.97 Å². The van der Waals surface area contributed by atoms with Crippen molar-refractivity contribution in [3.8, 4) is 5.69 Å². The molecule has 0 spiro atoms. The first-order valence-electron chi connectivity index (χ1n) is 9.40. The number of fused-ring (bicyclic) bond motifs is 1. The lowest BCUT2D eigenvalue weighted by atomic mass is 10.0. The monoisotopic (exact) mass is 347 g/mol. The highest BCUT2D eigenvalue weighted by Crippen LogP contribution is 2.35. The third-order valence-corrected chi connectivity index (χ3v) is 5.36. The van der Waals surface area contributed by atoms with Crippen LogP contribution in [0.25, 0.3) is 22.3 Å². The van der Waals surface area contributed by atoms with Gasteiger partial charge in [-0.1, -0.05) is 30.7 Å². The van der Waals surface area contributed by atoms with Crippen molar-refractivity contribution in [2.75, 3.05) is 0 Å². The van der Waals surface area contributed by atoms with Gasteiger partial charge in [0.2, 0.25) is 0 Å². The molecule has 0 saturated heterocycles. The van der Waals surface area contributed by atoms with Crippen molar-refractivity contribution in [1.82, 2.24) is 14.5 Å². The van der Waals surface area contributed by atoms with E-state index in [1.807, 2.05) is 6.92 Å². The lowest BCUT2D eigenvalue weighted by Crippen LogP contribution is -2.05. The van der Waals surface area contributed by atoms with Crippen LogP contribution in [0, 0.1) is 41.5 Å². The van der Waals surface area contributed by atoms with Gasteiger partial charge in [-0.3, -0.25) is 4.57 Å². The molecule has 0 atom stereocenters. The maximum absolute atomic E-state index is 4.87. The minimum atomic E-state index is 0.821. The zero-order valence-corrected chi connectivity index (χ0v) is 17.3. The molecule has 3 aromatic rings. The van der Waals surface area contributed by atoms with Gasteiger partial charge in [0.25, 0.3) is 0 Å². The molecule has 0 aliphatic carbocycles. The number of rotatable bonds is 3. The molecule has 3 nitrogen and oxygen atoms in total.